The molecular weight excluding hydrogens is 190 g/mol. The minimum absolute atomic E-state index is 0.0415. The normalized spacial score (nSPS) is 12.8. The maximum absolute atomic E-state index is 11.6. The SMILES string of the molecule is CCc1nc(CC(N)CC)[nH]c(=O)c1C. The second-order valence-electron chi connectivity index (χ2n) is 3.81. The number of aromatic nitrogens is 2. The first-order chi connectivity index (χ1) is 7.08. The second-order valence-corrected chi connectivity index (χ2v) is 3.81. The third kappa shape index (κ3) is 2.89. The summed E-state index contributed by atoms with van der Waals surface area (Å²) < 4.78 is 0. The van der Waals surface area contributed by atoms with Crippen LogP contribution in [-0.2, 0) is 12.8 Å². The number of nitrogens with two attached hydrogens (primary N) is 1. The van der Waals surface area contributed by atoms with Gasteiger partial charge in [-0.1, -0.05) is 13.8 Å². The molecule has 1 rings (SSSR count). The number of nitrogens with zero attached hydrogens (tertiary/aromatic N) is 1. The molecule has 4 heteroatoms. The van der Waals surface area contributed by atoms with Crippen LogP contribution in [0.2, 0.25) is 0 Å². The van der Waals surface area contributed by atoms with E-state index in [-0.39, 0.29) is 11.6 Å². The smallest absolute Gasteiger partial charge is 0.254 e. The maximum Gasteiger partial charge on any atom is 0.254 e. The molecular formula is C11H19N3O. The predicted molar refractivity (Wildman–Crippen MR) is 60.9 cm³/mol. The average molecular weight is 209 g/mol. The van der Waals surface area contributed by atoms with E-state index in [1.165, 1.54) is 0 Å². The van der Waals surface area contributed by atoms with Crippen LogP contribution < -0.4 is 11.3 Å². The molecule has 1 aromatic heterocycles. The minimum Gasteiger partial charge on any atom is -0.327 e. The first-order valence-electron chi connectivity index (χ1n) is 5.42. The maximum atomic E-state index is 11.6. The van der Waals surface area contributed by atoms with Gasteiger partial charge in [0.05, 0.1) is 5.69 Å². The van der Waals surface area contributed by atoms with Crippen LogP contribution in [0, 0.1) is 6.92 Å². The van der Waals surface area contributed by atoms with E-state index in [9.17, 15) is 4.79 Å². The zero-order chi connectivity index (χ0) is 11.4. The quantitative estimate of drug-likeness (QED) is 0.774. The lowest BCUT2D eigenvalue weighted by atomic mass is 10.1. The van der Waals surface area contributed by atoms with Crippen molar-refractivity contribution in [3.8, 4) is 0 Å². The zero-order valence-corrected chi connectivity index (χ0v) is 9.63. The number of hydrogen-bond donors (Lipinski definition) is 2. The zero-order valence-electron chi connectivity index (χ0n) is 9.63. The van der Waals surface area contributed by atoms with Crippen LogP contribution >= 0.6 is 0 Å². The minimum atomic E-state index is -0.0415. The summed E-state index contributed by atoms with van der Waals surface area (Å²) in [6.07, 6.45) is 2.31. The molecule has 84 valence electrons. The molecule has 0 aliphatic carbocycles. The van der Waals surface area contributed by atoms with Gasteiger partial charge in [0, 0.05) is 18.0 Å². The Morgan fingerprint density at radius 3 is 2.67 bits per heavy atom. The number of H-pyrrole nitrogens is 1. The van der Waals surface area contributed by atoms with E-state index in [2.05, 4.69) is 9.97 Å². The molecule has 3 N–H and O–H groups in total. The monoisotopic (exact) mass is 209 g/mol. The molecule has 1 atom stereocenters. The molecule has 1 heterocycles. The third-order valence-corrected chi connectivity index (χ3v) is 2.62. The van der Waals surface area contributed by atoms with E-state index >= 15 is 0 Å². The van der Waals surface area contributed by atoms with Gasteiger partial charge in [0.1, 0.15) is 5.82 Å². The number of hydrogen-bond acceptors (Lipinski definition) is 3. The van der Waals surface area contributed by atoms with Crippen molar-refractivity contribution in [2.75, 3.05) is 0 Å². The second kappa shape index (κ2) is 5.07. The fourth-order valence-electron chi connectivity index (χ4n) is 1.46. The van der Waals surface area contributed by atoms with Crippen molar-refractivity contribution >= 4 is 0 Å². The average Bonchev–Trinajstić information content (AvgIpc) is 2.22. The van der Waals surface area contributed by atoms with Crippen molar-refractivity contribution in [1.29, 1.82) is 0 Å². The van der Waals surface area contributed by atoms with Crippen LogP contribution in [0.25, 0.3) is 0 Å². The molecule has 0 aromatic carbocycles. The van der Waals surface area contributed by atoms with Gasteiger partial charge in [0.15, 0.2) is 0 Å². The van der Waals surface area contributed by atoms with Crippen molar-refractivity contribution in [3.63, 3.8) is 0 Å². The summed E-state index contributed by atoms with van der Waals surface area (Å²) in [5.74, 6) is 0.705. The van der Waals surface area contributed by atoms with E-state index in [1.807, 2.05) is 13.8 Å². The number of rotatable bonds is 4. The molecule has 15 heavy (non-hydrogen) atoms. The van der Waals surface area contributed by atoms with Crippen molar-refractivity contribution in [1.82, 2.24) is 9.97 Å². The molecule has 0 radical (unpaired) electrons. The van der Waals surface area contributed by atoms with E-state index < -0.39 is 0 Å². The topological polar surface area (TPSA) is 71.8 Å². The van der Waals surface area contributed by atoms with Gasteiger partial charge in [-0.2, -0.15) is 0 Å². The van der Waals surface area contributed by atoms with Gasteiger partial charge in [-0.05, 0) is 19.8 Å². The van der Waals surface area contributed by atoms with Gasteiger partial charge < -0.3 is 10.7 Å². The molecule has 4 nitrogen and oxygen atoms in total. The van der Waals surface area contributed by atoms with Gasteiger partial charge in [0.25, 0.3) is 5.56 Å². The Kier molecular flexibility index (Phi) is 4.03. The van der Waals surface area contributed by atoms with Crippen LogP contribution in [0.1, 0.15) is 37.4 Å². The lowest BCUT2D eigenvalue weighted by Crippen LogP contribution is -2.26. The fourth-order valence-corrected chi connectivity index (χ4v) is 1.46. The lowest BCUT2D eigenvalue weighted by Gasteiger charge is -2.09. The number of nitrogens with one attached hydrogen (secondary N) is 1. The first kappa shape index (κ1) is 11.9. The Labute approximate surface area is 89.9 Å². The van der Waals surface area contributed by atoms with E-state index in [0.717, 1.165) is 18.5 Å². The van der Waals surface area contributed by atoms with E-state index in [1.54, 1.807) is 6.92 Å². The van der Waals surface area contributed by atoms with Gasteiger partial charge in [-0.25, -0.2) is 4.98 Å². The first-order valence-corrected chi connectivity index (χ1v) is 5.42. The van der Waals surface area contributed by atoms with E-state index in [0.29, 0.717) is 17.8 Å². The Balaban J connectivity index is 3.01. The molecule has 0 aliphatic rings. The number of aryl methyl sites for hydroxylation is 1. The summed E-state index contributed by atoms with van der Waals surface area (Å²) in [4.78, 5) is 18.7. The van der Waals surface area contributed by atoms with Gasteiger partial charge >= 0.3 is 0 Å². The van der Waals surface area contributed by atoms with Gasteiger partial charge in [-0.15, -0.1) is 0 Å². The number of aromatic amines is 1. The Morgan fingerprint density at radius 1 is 1.47 bits per heavy atom. The fraction of sp³-hybridized carbons (Fsp3) is 0.636. The third-order valence-electron chi connectivity index (χ3n) is 2.62. The summed E-state index contributed by atoms with van der Waals surface area (Å²) in [5.41, 5.74) is 7.37. The highest BCUT2D eigenvalue weighted by molar-refractivity contribution is 5.16. The largest absolute Gasteiger partial charge is 0.327 e. The summed E-state index contributed by atoms with van der Waals surface area (Å²) in [6.45, 7) is 5.82. The van der Waals surface area contributed by atoms with Crippen LogP contribution in [0.3, 0.4) is 0 Å². The van der Waals surface area contributed by atoms with Gasteiger partial charge in [0.2, 0.25) is 0 Å². The van der Waals surface area contributed by atoms with Crippen molar-refractivity contribution < 1.29 is 0 Å². The molecule has 0 fully saturated rings. The molecule has 0 aliphatic heterocycles. The van der Waals surface area contributed by atoms with Gasteiger partial charge in [-0.3, -0.25) is 4.79 Å². The summed E-state index contributed by atoms with van der Waals surface area (Å²) >= 11 is 0. The highest BCUT2D eigenvalue weighted by Crippen LogP contribution is 2.02. The lowest BCUT2D eigenvalue weighted by molar-refractivity contribution is 0.619. The van der Waals surface area contributed by atoms with Crippen molar-refractivity contribution in [2.45, 2.75) is 46.1 Å². The van der Waals surface area contributed by atoms with Crippen LogP contribution in [0.4, 0.5) is 0 Å². The standard InChI is InChI=1S/C11H19N3O/c1-4-8(12)6-10-13-9(5-2)7(3)11(15)14-10/h8H,4-6,12H2,1-3H3,(H,13,14,15). The molecule has 0 spiro atoms. The molecule has 0 saturated carbocycles. The molecule has 0 amide bonds. The highest BCUT2D eigenvalue weighted by atomic mass is 16.1. The van der Waals surface area contributed by atoms with E-state index in [4.69, 9.17) is 5.73 Å². The molecule has 0 saturated heterocycles. The van der Waals surface area contributed by atoms with Crippen LogP contribution in [-0.4, -0.2) is 16.0 Å². The molecule has 0 bridgehead atoms. The molecule has 1 aromatic rings. The highest BCUT2D eigenvalue weighted by Gasteiger charge is 2.08. The Hall–Kier alpha value is -1.16. The van der Waals surface area contributed by atoms with Crippen molar-refractivity contribution in [2.24, 2.45) is 5.73 Å². The van der Waals surface area contributed by atoms with Crippen LogP contribution in [0.15, 0.2) is 4.79 Å². The summed E-state index contributed by atoms with van der Waals surface area (Å²) in [7, 11) is 0. The Morgan fingerprint density at radius 2 is 2.13 bits per heavy atom. The van der Waals surface area contributed by atoms with Crippen molar-refractivity contribution in [3.05, 3.63) is 27.4 Å². The van der Waals surface area contributed by atoms with Crippen LogP contribution in [0.5, 0.6) is 0 Å². The predicted octanol–water partition coefficient (Wildman–Crippen LogP) is 0.921. The summed E-state index contributed by atoms with van der Waals surface area (Å²) in [5, 5.41) is 0. The Bertz CT molecular complexity index is 384. The summed E-state index contributed by atoms with van der Waals surface area (Å²) in [6, 6.07) is 0.0700. The molecule has 1 unspecified atom stereocenters.